The highest BCUT2D eigenvalue weighted by molar-refractivity contribution is 7.19. The summed E-state index contributed by atoms with van der Waals surface area (Å²) in [4.78, 5) is 16.3. The van der Waals surface area contributed by atoms with Gasteiger partial charge in [-0.25, -0.2) is 9.78 Å². The third kappa shape index (κ3) is 4.43. The fourth-order valence-corrected chi connectivity index (χ4v) is 3.45. The van der Waals surface area contributed by atoms with Gasteiger partial charge in [0.2, 0.25) is 0 Å². The normalized spacial score (nSPS) is 13.2. The lowest BCUT2D eigenvalue weighted by molar-refractivity contribution is -0.173. The van der Waals surface area contributed by atoms with E-state index in [1.807, 2.05) is 0 Å². The van der Waals surface area contributed by atoms with E-state index in [-0.39, 0.29) is 23.2 Å². The maximum absolute atomic E-state index is 12.0. The van der Waals surface area contributed by atoms with Crippen molar-refractivity contribution in [2.24, 2.45) is 5.73 Å². The summed E-state index contributed by atoms with van der Waals surface area (Å²) in [7, 11) is 1.44. The van der Waals surface area contributed by atoms with Crippen LogP contribution in [0.25, 0.3) is 10.6 Å². The molecule has 1 unspecified atom stereocenters. The van der Waals surface area contributed by atoms with E-state index in [0.717, 1.165) is 11.3 Å². The Morgan fingerprint density at radius 1 is 1.38 bits per heavy atom. The van der Waals surface area contributed by atoms with Crippen molar-refractivity contribution in [1.82, 2.24) is 10.3 Å². The van der Waals surface area contributed by atoms with Gasteiger partial charge in [-0.3, -0.25) is 5.41 Å². The molecule has 1 aromatic carbocycles. The Bertz CT molecular complexity index is 799. The van der Waals surface area contributed by atoms with Gasteiger partial charge in [-0.2, -0.15) is 0 Å². The molecule has 1 heterocycles. The first-order valence-corrected chi connectivity index (χ1v) is 8.78. The van der Waals surface area contributed by atoms with Crippen LogP contribution in [0.4, 0.5) is 0 Å². The molecule has 0 aliphatic rings. The molecule has 11 heteroatoms. The van der Waals surface area contributed by atoms with Gasteiger partial charge >= 0.3 is 5.97 Å². The average Bonchev–Trinajstić information content (AvgIpc) is 2.96. The number of aromatic nitrogens is 1. The van der Waals surface area contributed by atoms with E-state index in [4.69, 9.17) is 43.8 Å². The number of guanidine groups is 1. The maximum Gasteiger partial charge on any atom is 0.364 e. The van der Waals surface area contributed by atoms with Crippen LogP contribution < -0.4 is 11.1 Å². The van der Waals surface area contributed by atoms with Crippen molar-refractivity contribution < 1.29 is 19.4 Å². The zero-order chi connectivity index (χ0) is 19.3. The van der Waals surface area contributed by atoms with Crippen LogP contribution in [0.1, 0.15) is 5.69 Å². The van der Waals surface area contributed by atoms with Crippen LogP contribution in [0.5, 0.6) is 0 Å². The Hall–Kier alpha value is -1.91. The standard InChI is InChI=1S/C15H16Cl2N4O4S/c1-24-6-7-25-15(13(22)23,21-14(18)19)10-11(17)26-12(20-10)8-2-4-9(16)5-3-8/h2-5H,6-7H2,1H3,(H,22,23)(H4,18,19,21). The molecule has 0 saturated heterocycles. The molecular weight excluding hydrogens is 403 g/mol. The molecule has 8 nitrogen and oxygen atoms in total. The van der Waals surface area contributed by atoms with Gasteiger partial charge in [0.05, 0.1) is 13.2 Å². The number of rotatable bonds is 8. The molecule has 0 aliphatic heterocycles. The maximum atomic E-state index is 12.0. The van der Waals surface area contributed by atoms with Gasteiger partial charge in [-0.1, -0.05) is 35.3 Å². The summed E-state index contributed by atoms with van der Waals surface area (Å²) >= 11 is 13.2. The number of nitrogens with zero attached hydrogens (tertiary/aromatic N) is 1. The summed E-state index contributed by atoms with van der Waals surface area (Å²) in [5.41, 5.74) is 3.74. The number of ether oxygens (including phenoxy) is 2. The lowest BCUT2D eigenvalue weighted by Crippen LogP contribution is -2.56. The number of nitrogens with two attached hydrogens (primary N) is 1. The molecule has 0 radical (unpaired) electrons. The van der Waals surface area contributed by atoms with Gasteiger partial charge in [0, 0.05) is 17.7 Å². The molecular formula is C15H16Cl2N4O4S. The van der Waals surface area contributed by atoms with Crippen molar-refractivity contribution in [3.8, 4) is 10.6 Å². The molecule has 1 aromatic heterocycles. The molecule has 0 fully saturated rings. The molecule has 0 saturated carbocycles. The fourth-order valence-electron chi connectivity index (χ4n) is 2.08. The Kier molecular flexibility index (Phi) is 6.79. The van der Waals surface area contributed by atoms with Crippen molar-refractivity contribution in [3.05, 3.63) is 39.3 Å². The van der Waals surface area contributed by atoms with E-state index in [9.17, 15) is 9.90 Å². The molecule has 0 bridgehead atoms. The van der Waals surface area contributed by atoms with E-state index < -0.39 is 17.7 Å². The first-order chi connectivity index (χ1) is 12.3. The van der Waals surface area contributed by atoms with Gasteiger partial charge in [0.25, 0.3) is 5.72 Å². The van der Waals surface area contributed by atoms with Crippen LogP contribution in [0.15, 0.2) is 24.3 Å². The number of halogens is 2. The SMILES string of the molecule is COCCOC(NC(=N)N)(C(=O)O)c1nc(-c2ccc(Cl)cc2)sc1Cl. The number of hydrogen-bond donors (Lipinski definition) is 4. The molecule has 140 valence electrons. The van der Waals surface area contributed by atoms with Gasteiger partial charge in [0.15, 0.2) is 5.96 Å². The van der Waals surface area contributed by atoms with E-state index in [0.29, 0.717) is 15.6 Å². The minimum absolute atomic E-state index is 0.0866. The first kappa shape index (κ1) is 20.4. The number of carbonyl (C=O) groups is 1. The second kappa shape index (κ2) is 8.65. The van der Waals surface area contributed by atoms with Gasteiger partial charge in [-0.15, -0.1) is 11.3 Å². The Balaban J connectivity index is 2.51. The molecule has 5 N–H and O–H groups in total. The van der Waals surface area contributed by atoms with Gasteiger partial charge < -0.3 is 25.6 Å². The largest absolute Gasteiger partial charge is 0.477 e. The molecule has 26 heavy (non-hydrogen) atoms. The predicted octanol–water partition coefficient (Wildman–Crippen LogP) is 2.50. The summed E-state index contributed by atoms with van der Waals surface area (Å²) in [6, 6.07) is 6.82. The van der Waals surface area contributed by atoms with Crippen LogP contribution in [0.2, 0.25) is 9.36 Å². The number of nitrogens with one attached hydrogen (secondary N) is 2. The minimum Gasteiger partial charge on any atom is -0.477 e. The highest BCUT2D eigenvalue weighted by Gasteiger charge is 2.47. The van der Waals surface area contributed by atoms with Crippen LogP contribution in [0.3, 0.4) is 0 Å². The molecule has 1 atom stereocenters. The number of carboxylic acids is 1. The number of carboxylic acid groups (broad SMARTS) is 1. The summed E-state index contributed by atoms with van der Waals surface area (Å²) in [6.45, 7) is 0.0353. The van der Waals surface area contributed by atoms with Crippen molar-refractivity contribution >= 4 is 46.5 Å². The highest BCUT2D eigenvalue weighted by atomic mass is 35.5. The zero-order valence-corrected chi connectivity index (χ0v) is 15.9. The summed E-state index contributed by atoms with van der Waals surface area (Å²) in [6.07, 6.45) is 0. The van der Waals surface area contributed by atoms with Crippen molar-refractivity contribution in [1.29, 1.82) is 5.41 Å². The Morgan fingerprint density at radius 3 is 2.58 bits per heavy atom. The van der Waals surface area contributed by atoms with Gasteiger partial charge in [0.1, 0.15) is 15.0 Å². The summed E-state index contributed by atoms with van der Waals surface area (Å²) in [5.74, 6) is -2.06. The first-order valence-electron chi connectivity index (χ1n) is 7.21. The van der Waals surface area contributed by atoms with E-state index >= 15 is 0 Å². The predicted molar refractivity (Wildman–Crippen MR) is 99.8 cm³/mol. The van der Waals surface area contributed by atoms with E-state index in [1.165, 1.54) is 7.11 Å². The Morgan fingerprint density at radius 2 is 2.04 bits per heavy atom. The lowest BCUT2D eigenvalue weighted by Gasteiger charge is -2.29. The monoisotopic (exact) mass is 418 g/mol. The second-order valence-corrected chi connectivity index (χ2v) is 7.05. The highest BCUT2D eigenvalue weighted by Crippen LogP contribution is 2.38. The van der Waals surface area contributed by atoms with Gasteiger partial charge in [-0.05, 0) is 12.1 Å². The lowest BCUT2D eigenvalue weighted by atomic mass is 10.1. The molecule has 0 amide bonds. The molecule has 0 aliphatic carbocycles. The van der Waals surface area contributed by atoms with Crippen molar-refractivity contribution in [2.45, 2.75) is 5.72 Å². The van der Waals surface area contributed by atoms with E-state index in [1.54, 1.807) is 24.3 Å². The molecule has 2 rings (SSSR count). The molecule has 0 spiro atoms. The third-order valence-corrected chi connectivity index (χ3v) is 4.78. The third-order valence-electron chi connectivity index (χ3n) is 3.23. The quantitative estimate of drug-likeness (QED) is 0.224. The van der Waals surface area contributed by atoms with E-state index in [2.05, 4.69) is 10.3 Å². The number of methoxy groups -OCH3 is 1. The number of thiazole rings is 1. The zero-order valence-electron chi connectivity index (χ0n) is 13.6. The van der Waals surface area contributed by atoms with Crippen LogP contribution in [0, 0.1) is 5.41 Å². The average molecular weight is 419 g/mol. The second-order valence-electron chi connectivity index (χ2n) is 5.01. The van der Waals surface area contributed by atoms with Crippen LogP contribution >= 0.6 is 34.5 Å². The smallest absolute Gasteiger partial charge is 0.364 e. The Labute approximate surface area is 163 Å². The number of benzene rings is 1. The minimum atomic E-state index is -2.22. The molecule has 2 aromatic rings. The topological polar surface area (TPSA) is 131 Å². The summed E-state index contributed by atoms with van der Waals surface area (Å²) < 4.78 is 10.4. The number of hydrogen-bond acceptors (Lipinski definition) is 6. The van der Waals surface area contributed by atoms with Crippen LogP contribution in [-0.4, -0.2) is 42.3 Å². The summed E-state index contributed by atoms with van der Waals surface area (Å²) in [5, 5.41) is 20.5. The van der Waals surface area contributed by atoms with Crippen LogP contribution in [-0.2, 0) is 20.0 Å². The number of aliphatic carboxylic acids is 1. The van der Waals surface area contributed by atoms with Crippen molar-refractivity contribution in [3.63, 3.8) is 0 Å². The van der Waals surface area contributed by atoms with Crippen molar-refractivity contribution in [2.75, 3.05) is 20.3 Å². The fraction of sp³-hybridized carbons (Fsp3) is 0.267.